The van der Waals surface area contributed by atoms with Gasteiger partial charge in [0.05, 0.1) is 6.54 Å². The molecule has 118 heavy (non-hydrogen) atoms. The largest absolute Gasteiger partial charge is 0.489 e. The van der Waals surface area contributed by atoms with Gasteiger partial charge in [0.25, 0.3) is 5.91 Å². The van der Waals surface area contributed by atoms with Crippen molar-refractivity contribution in [1.29, 1.82) is 0 Å². The lowest BCUT2D eigenvalue weighted by Gasteiger charge is -2.33. The Morgan fingerprint density at radius 2 is 0.441 bits per heavy atom. The molecule has 1 aromatic carbocycles. The number of hydrogen-bond donors (Lipinski definition) is 0. The fourth-order valence-corrected chi connectivity index (χ4v) is 8.75. The molecule has 1 rings (SSSR count). The maximum absolute atomic E-state index is 14.3. The third-order valence-corrected chi connectivity index (χ3v) is 15.6. The van der Waals surface area contributed by atoms with Crippen molar-refractivity contribution < 1.29 is 200 Å². The number of benzene rings is 1. The molecule has 0 radical (unpaired) electrons. The first-order valence-electron chi connectivity index (χ1n) is 36.5. The number of carbonyl (C=O) groups is 21. The molecule has 0 aliphatic carbocycles. The van der Waals surface area contributed by atoms with E-state index in [2.05, 4.69) is 4.74 Å². The van der Waals surface area contributed by atoms with Gasteiger partial charge < -0.3 is 104 Å². The Labute approximate surface area is 677 Å². The van der Waals surface area contributed by atoms with Crippen molar-refractivity contribution in [3.63, 3.8) is 0 Å². The summed E-state index contributed by atoms with van der Waals surface area (Å²) in [7, 11) is 0. The maximum atomic E-state index is 14.3. The summed E-state index contributed by atoms with van der Waals surface area (Å²) in [6, 6.07) is 0.542. The van der Waals surface area contributed by atoms with Crippen LogP contribution >= 0.6 is 0 Å². The smallest absolute Gasteiger partial charge is 0.352 e. The molecule has 0 aliphatic heterocycles. The Balaban J connectivity index is 3.45. The molecule has 19 unspecified atom stereocenters. The first kappa shape index (κ1) is 104. The Morgan fingerprint density at radius 1 is 0.254 bits per heavy atom. The zero-order valence-corrected chi connectivity index (χ0v) is 70.1. The predicted molar refractivity (Wildman–Crippen MR) is 386 cm³/mol. The van der Waals surface area contributed by atoms with Crippen molar-refractivity contribution in [3.8, 4) is 11.5 Å². The van der Waals surface area contributed by atoms with Crippen LogP contribution in [0, 0.1) is 20.8 Å². The topological polar surface area (TPSA) is 556 Å². The average Bonchev–Trinajstić information content (AvgIpc) is 0.804. The van der Waals surface area contributed by atoms with E-state index in [0.29, 0.717) is 0 Å². The van der Waals surface area contributed by atoms with Crippen molar-refractivity contribution in [2.45, 2.75) is 302 Å². The summed E-state index contributed by atoms with van der Waals surface area (Å²) in [4.78, 5) is 268. The fraction of sp³-hybridized carbons (Fsp3) is 0.640. The summed E-state index contributed by atoms with van der Waals surface area (Å²) in [5.41, 5.74) is 0.727. The average molecular weight is 1690 g/mol. The van der Waals surface area contributed by atoms with Gasteiger partial charge in [0, 0.05) is 26.8 Å². The predicted octanol–water partition coefficient (Wildman–Crippen LogP) is 1.88. The van der Waals surface area contributed by atoms with Crippen molar-refractivity contribution in [2.24, 2.45) is 0 Å². The molecule has 0 aliphatic rings. The lowest BCUT2D eigenvalue weighted by atomic mass is 10.0. The van der Waals surface area contributed by atoms with E-state index >= 15 is 0 Å². The molecule has 0 N–H and O–H groups in total. The van der Waals surface area contributed by atoms with Crippen LogP contribution in [-0.4, -0.2) is 265 Å². The molecule has 43 nitrogen and oxygen atoms in total. The highest BCUT2D eigenvalue weighted by atomic mass is 16.7. The Bertz CT molecular complexity index is 3860. The zero-order valence-electron chi connectivity index (χ0n) is 70.1. The van der Waals surface area contributed by atoms with E-state index in [1.165, 1.54) is 61.5 Å². The number of hydrogen-bond acceptors (Lipinski definition) is 42. The van der Waals surface area contributed by atoms with Crippen molar-refractivity contribution in [3.05, 3.63) is 22.8 Å². The summed E-state index contributed by atoms with van der Waals surface area (Å²) in [5.74, 6) is -24.6. The van der Waals surface area contributed by atoms with E-state index in [1.54, 1.807) is 0 Å². The Morgan fingerprint density at radius 3 is 0.644 bits per heavy atom. The molecule has 0 heterocycles. The van der Waals surface area contributed by atoms with Crippen LogP contribution in [0.25, 0.3) is 0 Å². The quantitative estimate of drug-likeness (QED) is 0.0511. The molecule has 660 valence electrons. The Kier molecular flexibility index (Phi) is 42.6. The number of ether oxygens (including phenoxy) is 21. The highest BCUT2D eigenvalue weighted by Crippen LogP contribution is 2.34. The van der Waals surface area contributed by atoms with E-state index in [0.717, 1.165) is 130 Å². The second kappa shape index (κ2) is 48.4. The van der Waals surface area contributed by atoms with E-state index < -0.39 is 260 Å². The van der Waals surface area contributed by atoms with Gasteiger partial charge in [0.2, 0.25) is 0 Å². The SMILES string of the molecule is CC(=O)OC(C)C(=O)OC(C)C(=O)OC(C)C(=O)OC(C)C(=O)OC(C)C(=O)OC(C)C(=O)Oc1c(C)cc(OCC(CN(C(=O)C(C)OC(=O)C(C)OC(=O)C(C)OC(=O)C(C)OC(=O)C(C)OC(=O)C(C)OC(C)=O)C(C)C)OC(=O)C(C)OC(=O)C(C)OC(=O)C(C)OC(=O)C(C)OC(=O)C(C)OC(=O)C(C)OC(C)=O)c(C)c1C. The van der Waals surface area contributed by atoms with Crippen LogP contribution in [0.1, 0.15) is 176 Å². The van der Waals surface area contributed by atoms with Crippen molar-refractivity contribution >= 4 is 125 Å². The number of esters is 20. The molecular formula is C75H103NO42. The molecular weight excluding hydrogens is 1590 g/mol. The van der Waals surface area contributed by atoms with Crippen molar-refractivity contribution in [2.75, 3.05) is 13.2 Å². The molecule has 0 saturated heterocycles. The van der Waals surface area contributed by atoms with Crippen LogP contribution in [-0.2, 0) is 191 Å². The van der Waals surface area contributed by atoms with Gasteiger partial charge in [-0.25, -0.2) is 81.5 Å². The molecule has 0 bridgehead atoms. The summed E-state index contributed by atoms with van der Waals surface area (Å²) in [6.45, 7) is 28.9. The minimum Gasteiger partial charge on any atom is -0.489 e. The molecule has 1 amide bonds. The van der Waals surface area contributed by atoms with E-state index in [-0.39, 0.29) is 28.2 Å². The first-order chi connectivity index (χ1) is 54.4. The van der Waals surface area contributed by atoms with Crippen LogP contribution in [0.4, 0.5) is 0 Å². The number of carbonyl (C=O) groups excluding carboxylic acids is 21. The number of aryl methyl sites for hydroxylation is 1. The first-order valence-corrected chi connectivity index (χ1v) is 36.5. The van der Waals surface area contributed by atoms with E-state index in [9.17, 15) is 101 Å². The zero-order chi connectivity index (χ0) is 91.1. The number of nitrogens with zero attached hydrogens (tertiary/aromatic N) is 1. The van der Waals surface area contributed by atoms with Gasteiger partial charge in [-0.15, -0.1) is 0 Å². The lowest BCUT2D eigenvalue weighted by molar-refractivity contribution is -0.188. The van der Waals surface area contributed by atoms with Crippen LogP contribution in [0.3, 0.4) is 0 Å². The van der Waals surface area contributed by atoms with Gasteiger partial charge in [-0.2, -0.15) is 0 Å². The third kappa shape index (κ3) is 35.1. The Hall–Kier alpha value is -12.1. The van der Waals surface area contributed by atoms with E-state index in [4.69, 9.17) is 94.7 Å². The second-order valence-electron chi connectivity index (χ2n) is 26.6. The highest BCUT2D eigenvalue weighted by Gasteiger charge is 2.39. The lowest BCUT2D eigenvalue weighted by Crippen LogP contribution is -2.50. The number of amides is 1. The summed E-state index contributed by atoms with van der Waals surface area (Å²) in [5, 5.41) is 0. The van der Waals surface area contributed by atoms with Crippen LogP contribution in [0.15, 0.2) is 6.07 Å². The molecule has 19 atom stereocenters. The van der Waals surface area contributed by atoms with Gasteiger partial charge >= 0.3 is 119 Å². The van der Waals surface area contributed by atoms with Gasteiger partial charge in [0.15, 0.2) is 116 Å². The van der Waals surface area contributed by atoms with Crippen LogP contribution in [0.5, 0.6) is 11.5 Å². The van der Waals surface area contributed by atoms with E-state index in [1.807, 2.05) is 0 Å². The van der Waals surface area contributed by atoms with Crippen LogP contribution < -0.4 is 9.47 Å². The van der Waals surface area contributed by atoms with Crippen molar-refractivity contribution in [1.82, 2.24) is 4.90 Å². The molecule has 1 aromatic rings. The highest BCUT2D eigenvalue weighted by molar-refractivity contribution is 5.91. The monoisotopic (exact) mass is 1690 g/mol. The second-order valence-corrected chi connectivity index (χ2v) is 26.6. The van der Waals surface area contributed by atoms with Crippen LogP contribution in [0.2, 0.25) is 0 Å². The molecule has 43 heteroatoms. The summed E-state index contributed by atoms with van der Waals surface area (Å²) in [6.07, 6.45) is -31.5. The normalized spacial score (nSPS) is 15.8. The fourth-order valence-electron chi connectivity index (χ4n) is 8.75. The minimum atomic E-state index is -1.85. The summed E-state index contributed by atoms with van der Waals surface area (Å²) < 4.78 is 108. The van der Waals surface area contributed by atoms with Gasteiger partial charge in [-0.05, 0) is 182 Å². The molecule has 0 aromatic heterocycles. The van der Waals surface area contributed by atoms with Gasteiger partial charge in [-0.3, -0.25) is 19.2 Å². The van der Waals surface area contributed by atoms with Gasteiger partial charge in [0.1, 0.15) is 18.1 Å². The standard InChI is InChI=1S/C75H103NO42/c1-30(2)76(58(80)34(6)102-62(84)38(10)106-66(88)42(14)110-67(89)43(15)107-63(85)39(11)103-59(81)35(7)99-52(24)77)28-55(117-74(96)50(22)115-72(94)48(20)113-70(92)46(18)111-68(90)44(16)108-64(86)40(12)104-60(82)36(8)100-53(25)78)29-98-56-27-31(3)57(33(5)32(56)4)118-75(97)51(23)116-73(95)49(21)114-71(93)47(19)112-69(91)45(17)109-65(87)41(13)105-61(83)37(9)101-54(26)79/h27,30,34-51,55H,28-29H2,1-26H3. The number of rotatable bonds is 44. The van der Waals surface area contributed by atoms with Gasteiger partial charge in [-0.1, -0.05) is 0 Å². The third-order valence-electron chi connectivity index (χ3n) is 15.6. The maximum Gasteiger partial charge on any atom is 0.352 e. The molecule has 0 fully saturated rings. The summed E-state index contributed by atoms with van der Waals surface area (Å²) >= 11 is 0. The molecule has 0 spiro atoms. The minimum absolute atomic E-state index is 0.0449. The molecule has 0 saturated carbocycles.